The molecule has 0 unspecified atom stereocenters. The lowest BCUT2D eigenvalue weighted by Crippen LogP contribution is -2.33. The van der Waals surface area contributed by atoms with Crippen LogP contribution in [0.5, 0.6) is 0 Å². The third-order valence-electron chi connectivity index (χ3n) is 4.95. The number of hydrogen-bond acceptors (Lipinski definition) is 8. The Balaban J connectivity index is 1.59. The summed E-state index contributed by atoms with van der Waals surface area (Å²) in [5.41, 5.74) is 0.262. The maximum atomic E-state index is 13.0. The topological polar surface area (TPSA) is 126 Å². The van der Waals surface area contributed by atoms with Gasteiger partial charge in [-0.3, -0.25) is 4.57 Å². The zero-order chi connectivity index (χ0) is 23.4. The Morgan fingerprint density at radius 1 is 1.06 bits per heavy atom. The molecule has 4 atom stereocenters. The molecule has 3 aromatic rings. The fraction of sp³-hybridized carbons (Fsp3) is 0.353. The van der Waals surface area contributed by atoms with Gasteiger partial charge in [-0.05, 0) is 17.7 Å². The van der Waals surface area contributed by atoms with Crippen molar-refractivity contribution in [2.75, 3.05) is 11.9 Å². The highest BCUT2D eigenvalue weighted by molar-refractivity contribution is 8.45. The molecule has 0 radical (unpaired) electrons. The highest BCUT2D eigenvalue weighted by atomic mass is 32.5. The molecule has 1 aliphatic heterocycles. The van der Waals surface area contributed by atoms with Gasteiger partial charge >= 0.3 is 10.2 Å². The number of halogens is 5. The van der Waals surface area contributed by atoms with E-state index in [1.165, 1.54) is 17.0 Å². The number of ether oxygens (including phenoxy) is 1. The van der Waals surface area contributed by atoms with E-state index in [-0.39, 0.29) is 29.1 Å². The number of aliphatic hydroxyl groups excluding tert-OH is 3. The number of imidazole rings is 1. The van der Waals surface area contributed by atoms with Crippen LogP contribution in [0.15, 0.2) is 41.8 Å². The molecular weight excluding hydrogens is 465 g/mol. The van der Waals surface area contributed by atoms with Gasteiger partial charge in [-0.15, -0.1) is 0 Å². The lowest BCUT2D eigenvalue weighted by molar-refractivity contribution is -0.0511. The lowest BCUT2D eigenvalue weighted by Gasteiger charge is -2.40. The predicted octanol–water partition coefficient (Wildman–Crippen LogP) is 2.71. The number of benzene rings is 1. The summed E-state index contributed by atoms with van der Waals surface area (Å²) in [6.07, 6.45) is -2.49. The average Bonchev–Trinajstić information content (AvgIpc) is 3.26. The Bertz CT molecular complexity index is 1160. The molecule has 2 aromatic heterocycles. The van der Waals surface area contributed by atoms with Crippen LogP contribution in [0.4, 0.5) is 25.2 Å². The summed E-state index contributed by atoms with van der Waals surface area (Å²) in [5.74, 6) is 0.0956. The van der Waals surface area contributed by atoms with Crippen molar-refractivity contribution in [3.8, 4) is 0 Å². The van der Waals surface area contributed by atoms with E-state index < -0.39 is 46.3 Å². The second kappa shape index (κ2) is 6.95. The molecule has 3 heterocycles. The molecule has 4 N–H and O–H groups in total. The Hall–Kier alpha value is -2.59. The van der Waals surface area contributed by atoms with Gasteiger partial charge in [0.05, 0.1) is 12.9 Å². The van der Waals surface area contributed by atoms with Gasteiger partial charge in [0, 0.05) is 6.54 Å². The van der Waals surface area contributed by atoms with Crippen LogP contribution in [-0.4, -0.2) is 59.8 Å². The van der Waals surface area contributed by atoms with Crippen molar-refractivity contribution in [1.82, 2.24) is 19.5 Å². The Kier molecular flexibility index (Phi) is 4.91. The molecule has 1 aromatic carbocycles. The zero-order valence-electron chi connectivity index (χ0n) is 16.0. The number of aromatic nitrogens is 4. The summed E-state index contributed by atoms with van der Waals surface area (Å²) in [6, 6.07) is 2.81. The summed E-state index contributed by atoms with van der Waals surface area (Å²) >= 11 is 0. The molecule has 1 fully saturated rings. The van der Waals surface area contributed by atoms with E-state index in [1.54, 1.807) is 0 Å². The van der Waals surface area contributed by atoms with Crippen LogP contribution in [0.25, 0.3) is 11.2 Å². The van der Waals surface area contributed by atoms with Crippen molar-refractivity contribution in [3.63, 3.8) is 0 Å². The standard InChI is InChI=1S/C17H18F5N5O4S/c18-32(19,20,21,22)10-3-1-2-9(4-10)5-23-15-12-16(25-7-24-15)27(8-26-12)17-14(30)13(29)11(6-28)31-17/h1-4,7-8,11,13-14,17,28-30H,5-6H2,(H,23,24,25)/t11-,13-,14-,17-/m1/s1. The molecule has 0 bridgehead atoms. The largest absolute Gasteiger partial charge is 0.394 e. The van der Waals surface area contributed by atoms with Crippen LogP contribution in [-0.2, 0) is 11.3 Å². The first-order valence-corrected chi connectivity index (χ1v) is 11.1. The highest BCUT2D eigenvalue weighted by Gasteiger charge is 2.65. The van der Waals surface area contributed by atoms with Crippen molar-refractivity contribution < 1.29 is 39.5 Å². The zero-order valence-corrected chi connectivity index (χ0v) is 16.8. The number of nitrogens with zero attached hydrogens (tertiary/aromatic N) is 4. The van der Waals surface area contributed by atoms with Crippen molar-refractivity contribution in [2.24, 2.45) is 0 Å². The average molecular weight is 483 g/mol. The maximum absolute atomic E-state index is 13.0. The quantitative estimate of drug-likeness (QED) is 0.395. The number of nitrogens with one attached hydrogen (secondary N) is 1. The van der Waals surface area contributed by atoms with E-state index in [9.17, 15) is 34.7 Å². The Labute approximate surface area is 177 Å². The number of anilines is 1. The first kappa shape index (κ1) is 22.6. The molecule has 32 heavy (non-hydrogen) atoms. The lowest BCUT2D eigenvalue weighted by atomic mass is 10.1. The van der Waals surface area contributed by atoms with Gasteiger partial charge < -0.3 is 25.4 Å². The molecule has 1 saturated heterocycles. The van der Waals surface area contributed by atoms with Crippen LogP contribution in [0.3, 0.4) is 0 Å². The number of rotatable bonds is 6. The van der Waals surface area contributed by atoms with Gasteiger partial charge in [0.25, 0.3) is 0 Å². The van der Waals surface area contributed by atoms with Gasteiger partial charge in [-0.2, -0.15) is 0 Å². The van der Waals surface area contributed by atoms with E-state index in [0.29, 0.717) is 12.1 Å². The summed E-state index contributed by atoms with van der Waals surface area (Å²) < 4.78 is 72.0. The van der Waals surface area contributed by atoms with E-state index in [2.05, 4.69) is 20.3 Å². The molecule has 4 rings (SSSR count). The molecule has 9 nitrogen and oxygen atoms in total. The van der Waals surface area contributed by atoms with Crippen LogP contribution >= 0.6 is 10.2 Å². The Morgan fingerprint density at radius 3 is 2.47 bits per heavy atom. The fourth-order valence-corrected chi connectivity index (χ4v) is 4.07. The summed E-state index contributed by atoms with van der Waals surface area (Å²) in [4.78, 5) is 10.1. The monoisotopic (exact) mass is 483 g/mol. The third-order valence-corrected chi connectivity index (χ3v) is 6.10. The maximum Gasteiger partial charge on any atom is 0.310 e. The molecule has 0 saturated carbocycles. The van der Waals surface area contributed by atoms with Crippen LogP contribution < -0.4 is 5.32 Å². The number of aliphatic hydroxyl groups is 3. The van der Waals surface area contributed by atoms with Crippen molar-refractivity contribution in [1.29, 1.82) is 0 Å². The molecular formula is C17H18F5N5O4S. The van der Waals surface area contributed by atoms with Crippen molar-refractivity contribution in [2.45, 2.75) is 36.0 Å². The molecule has 0 amide bonds. The van der Waals surface area contributed by atoms with Crippen molar-refractivity contribution in [3.05, 3.63) is 42.5 Å². The Morgan fingerprint density at radius 2 is 1.81 bits per heavy atom. The number of fused-ring (bicyclic) bond motifs is 1. The first-order chi connectivity index (χ1) is 14.8. The van der Waals surface area contributed by atoms with Gasteiger partial charge in [0.1, 0.15) is 29.5 Å². The minimum atomic E-state index is -9.81. The molecule has 15 heteroatoms. The SMILES string of the molecule is OC[C@H]1O[C@@H](n2cnc3c(NCc4cccc(S(F)(F)(F)(F)F)c4)ncnc32)[C@H](O)[C@@H]1O. The van der Waals surface area contributed by atoms with E-state index in [1.807, 2.05) is 0 Å². The third kappa shape index (κ3) is 4.21. The second-order valence-electron chi connectivity index (χ2n) is 7.25. The molecule has 176 valence electrons. The minimum Gasteiger partial charge on any atom is -0.394 e. The smallest absolute Gasteiger partial charge is 0.310 e. The summed E-state index contributed by atoms with van der Waals surface area (Å²) in [5, 5.41) is 32.1. The van der Waals surface area contributed by atoms with Gasteiger partial charge in [-0.25, -0.2) is 15.0 Å². The molecule has 0 spiro atoms. The fourth-order valence-electron chi connectivity index (χ4n) is 3.36. The van der Waals surface area contributed by atoms with Gasteiger partial charge in [-0.1, -0.05) is 31.6 Å². The predicted molar refractivity (Wildman–Crippen MR) is 103 cm³/mol. The van der Waals surface area contributed by atoms with E-state index in [4.69, 9.17) is 4.74 Å². The number of hydrogen-bond donors (Lipinski definition) is 4. The highest BCUT2D eigenvalue weighted by Crippen LogP contribution is 3.02. The molecule has 1 aliphatic rings. The van der Waals surface area contributed by atoms with Crippen LogP contribution in [0, 0.1) is 0 Å². The van der Waals surface area contributed by atoms with Gasteiger partial charge in [0.15, 0.2) is 23.2 Å². The molecule has 0 aliphatic carbocycles. The van der Waals surface area contributed by atoms with Gasteiger partial charge in [0.2, 0.25) is 0 Å². The summed E-state index contributed by atoms with van der Waals surface area (Å²) in [6.45, 7) is -0.796. The van der Waals surface area contributed by atoms with E-state index in [0.717, 1.165) is 12.4 Å². The van der Waals surface area contributed by atoms with E-state index >= 15 is 0 Å². The van der Waals surface area contributed by atoms with Crippen molar-refractivity contribution >= 4 is 27.2 Å². The normalized spacial score (nSPS) is 26.1. The second-order valence-corrected chi connectivity index (χ2v) is 9.65. The van der Waals surface area contributed by atoms with Crippen LogP contribution in [0.1, 0.15) is 11.8 Å². The van der Waals surface area contributed by atoms with Crippen LogP contribution in [0.2, 0.25) is 0 Å². The first-order valence-electron chi connectivity index (χ1n) is 9.15. The summed E-state index contributed by atoms with van der Waals surface area (Å²) in [7, 11) is -9.81. The minimum absolute atomic E-state index is 0.0644.